The molecule has 0 fully saturated rings. The summed E-state index contributed by atoms with van der Waals surface area (Å²) in [6, 6.07) is 15.2. The number of rotatable bonds is 4. The summed E-state index contributed by atoms with van der Waals surface area (Å²) in [5.74, 6) is 0.00364. The highest BCUT2D eigenvalue weighted by Crippen LogP contribution is 2.28. The van der Waals surface area contributed by atoms with Crippen LogP contribution in [0, 0.1) is 0 Å². The van der Waals surface area contributed by atoms with Crippen molar-refractivity contribution in [2.24, 2.45) is 5.10 Å². The van der Waals surface area contributed by atoms with E-state index in [4.69, 9.17) is 0 Å². The Kier molecular flexibility index (Phi) is 4.39. The number of aromatic hydroxyl groups is 1. The highest BCUT2D eigenvalue weighted by molar-refractivity contribution is 7.10. The first-order valence-electron chi connectivity index (χ1n) is 7.22. The number of carbonyl (C=O) groups excluding carboxylic acids is 1. The van der Waals surface area contributed by atoms with Gasteiger partial charge in [0.2, 0.25) is 5.91 Å². The second kappa shape index (κ2) is 6.62. The molecule has 0 radical (unpaired) electrons. The predicted octanol–water partition coefficient (Wildman–Crippen LogP) is 3.69. The first kappa shape index (κ1) is 15.2. The third-order valence-corrected chi connectivity index (χ3v) is 4.43. The number of amides is 1. The van der Waals surface area contributed by atoms with Crippen molar-refractivity contribution < 1.29 is 9.90 Å². The Morgan fingerprint density at radius 1 is 1.17 bits per heavy atom. The molecular weight excluding hydrogens is 308 g/mol. The number of nitrogens with zero attached hydrogens (tertiary/aromatic N) is 1. The Balaban J connectivity index is 1.78. The number of fused-ring (bicyclic) bond motifs is 1. The zero-order valence-electron chi connectivity index (χ0n) is 12.6. The Morgan fingerprint density at radius 3 is 2.78 bits per heavy atom. The Labute approximate surface area is 138 Å². The molecule has 4 nitrogen and oxygen atoms in total. The molecule has 3 aromatic rings. The lowest BCUT2D eigenvalue weighted by Gasteiger charge is -2.08. The Hall–Kier alpha value is -2.66. The highest BCUT2D eigenvalue weighted by Gasteiger charge is 2.09. The molecule has 0 unspecified atom stereocenters. The summed E-state index contributed by atoms with van der Waals surface area (Å²) in [6.45, 7) is 1.76. The summed E-state index contributed by atoms with van der Waals surface area (Å²) >= 11 is 1.54. The normalized spacial score (nSPS) is 11.6. The van der Waals surface area contributed by atoms with Gasteiger partial charge in [-0.05, 0) is 29.8 Å². The second-order valence-electron chi connectivity index (χ2n) is 5.17. The van der Waals surface area contributed by atoms with E-state index in [0.717, 1.165) is 15.6 Å². The molecule has 5 heteroatoms. The fourth-order valence-corrected chi connectivity index (χ4v) is 3.07. The van der Waals surface area contributed by atoms with Crippen LogP contribution in [0.4, 0.5) is 0 Å². The van der Waals surface area contributed by atoms with Crippen LogP contribution in [-0.2, 0) is 11.2 Å². The lowest BCUT2D eigenvalue weighted by atomic mass is 10.0. The van der Waals surface area contributed by atoms with Gasteiger partial charge in [-0.15, -0.1) is 11.3 Å². The molecule has 0 saturated heterocycles. The molecule has 1 aromatic heterocycles. The first-order chi connectivity index (χ1) is 11.1. The highest BCUT2D eigenvalue weighted by atomic mass is 32.1. The number of phenolic OH excluding ortho intramolecular Hbond substituents is 1. The summed E-state index contributed by atoms with van der Waals surface area (Å²) in [4.78, 5) is 12.9. The second-order valence-corrected chi connectivity index (χ2v) is 6.20. The van der Waals surface area contributed by atoms with Crippen LogP contribution < -0.4 is 5.43 Å². The molecule has 0 aliphatic heterocycles. The van der Waals surface area contributed by atoms with Crippen molar-refractivity contribution in [3.8, 4) is 5.75 Å². The first-order valence-corrected chi connectivity index (χ1v) is 8.09. The number of carbonyl (C=O) groups is 1. The van der Waals surface area contributed by atoms with Gasteiger partial charge < -0.3 is 5.11 Å². The fraction of sp³-hybridized carbons (Fsp3) is 0.111. The van der Waals surface area contributed by atoms with Crippen LogP contribution in [-0.4, -0.2) is 16.7 Å². The van der Waals surface area contributed by atoms with Crippen LogP contribution in [0.25, 0.3) is 10.8 Å². The summed E-state index contributed by atoms with van der Waals surface area (Å²) in [5, 5.41) is 18.2. The maximum Gasteiger partial charge on any atom is 0.245 e. The third kappa shape index (κ3) is 3.40. The molecule has 2 aromatic carbocycles. The maximum absolute atomic E-state index is 11.9. The van der Waals surface area contributed by atoms with Gasteiger partial charge in [0.1, 0.15) is 5.75 Å². The third-order valence-electron chi connectivity index (χ3n) is 3.55. The van der Waals surface area contributed by atoms with Crippen molar-refractivity contribution in [3.63, 3.8) is 0 Å². The van der Waals surface area contributed by atoms with E-state index in [0.29, 0.717) is 17.7 Å². The minimum absolute atomic E-state index is 0.174. The number of phenols is 1. The molecular formula is C18H16N2O2S. The molecule has 23 heavy (non-hydrogen) atoms. The summed E-state index contributed by atoms with van der Waals surface area (Å²) in [7, 11) is 0. The van der Waals surface area contributed by atoms with Gasteiger partial charge in [-0.3, -0.25) is 4.79 Å². The van der Waals surface area contributed by atoms with E-state index >= 15 is 0 Å². The van der Waals surface area contributed by atoms with Crippen LogP contribution in [0.5, 0.6) is 5.75 Å². The molecule has 2 N–H and O–H groups in total. The summed E-state index contributed by atoms with van der Waals surface area (Å²) < 4.78 is 0. The van der Waals surface area contributed by atoms with E-state index in [1.54, 1.807) is 6.92 Å². The molecule has 0 aliphatic carbocycles. The Morgan fingerprint density at radius 2 is 2.00 bits per heavy atom. The minimum atomic E-state index is -0.174. The smallest absolute Gasteiger partial charge is 0.245 e. The molecule has 0 bridgehead atoms. The van der Waals surface area contributed by atoms with E-state index in [-0.39, 0.29) is 11.7 Å². The van der Waals surface area contributed by atoms with Crippen molar-refractivity contribution in [3.05, 3.63) is 64.4 Å². The largest absolute Gasteiger partial charge is 0.507 e. The standard InChI is InChI=1S/C18H16N2O2S/c1-12(19-20-17(21)11-14-6-4-10-23-14)15-9-8-13-5-2-3-7-16(13)18(15)22/h2-10,22H,11H2,1H3,(H,20,21). The number of benzene rings is 2. The molecule has 1 amide bonds. The molecule has 1 heterocycles. The number of hydrazone groups is 1. The van der Waals surface area contributed by atoms with Crippen LogP contribution in [0.15, 0.2) is 59.0 Å². The van der Waals surface area contributed by atoms with Crippen molar-refractivity contribution in [2.45, 2.75) is 13.3 Å². The van der Waals surface area contributed by atoms with Crippen molar-refractivity contribution in [2.75, 3.05) is 0 Å². The molecule has 0 spiro atoms. The molecule has 0 saturated carbocycles. The van der Waals surface area contributed by atoms with Crippen LogP contribution in [0.1, 0.15) is 17.4 Å². The zero-order chi connectivity index (χ0) is 16.2. The van der Waals surface area contributed by atoms with E-state index in [1.807, 2.05) is 53.9 Å². The quantitative estimate of drug-likeness (QED) is 0.568. The van der Waals surface area contributed by atoms with Gasteiger partial charge >= 0.3 is 0 Å². The minimum Gasteiger partial charge on any atom is -0.507 e. The lowest BCUT2D eigenvalue weighted by molar-refractivity contribution is -0.120. The summed E-state index contributed by atoms with van der Waals surface area (Å²) in [5.41, 5.74) is 3.71. The van der Waals surface area contributed by atoms with E-state index in [1.165, 1.54) is 11.3 Å². The predicted molar refractivity (Wildman–Crippen MR) is 94.0 cm³/mol. The van der Waals surface area contributed by atoms with Gasteiger partial charge in [0.05, 0.1) is 12.1 Å². The van der Waals surface area contributed by atoms with E-state index in [9.17, 15) is 9.90 Å². The van der Waals surface area contributed by atoms with Gasteiger partial charge in [0.25, 0.3) is 0 Å². The van der Waals surface area contributed by atoms with E-state index < -0.39 is 0 Å². The molecule has 0 atom stereocenters. The van der Waals surface area contributed by atoms with Gasteiger partial charge in [0, 0.05) is 15.8 Å². The molecule has 116 valence electrons. The number of hydrogen-bond acceptors (Lipinski definition) is 4. The van der Waals surface area contributed by atoms with Gasteiger partial charge in [-0.25, -0.2) is 5.43 Å². The molecule has 0 aliphatic rings. The van der Waals surface area contributed by atoms with Crippen LogP contribution in [0.3, 0.4) is 0 Å². The van der Waals surface area contributed by atoms with E-state index in [2.05, 4.69) is 10.5 Å². The topological polar surface area (TPSA) is 61.7 Å². The zero-order valence-corrected chi connectivity index (χ0v) is 13.4. The average Bonchev–Trinajstić information content (AvgIpc) is 3.06. The fourth-order valence-electron chi connectivity index (χ4n) is 2.36. The van der Waals surface area contributed by atoms with Crippen LogP contribution in [0.2, 0.25) is 0 Å². The average molecular weight is 324 g/mol. The van der Waals surface area contributed by atoms with Gasteiger partial charge in [-0.2, -0.15) is 5.10 Å². The monoisotopic (exact) mass is 324 g/mol. The SMILES string of the molecule is CC(=NNC(=O)Cc1cccs1)c1ccc2ccccc2c1O. The van der Waals surface area contributed by atoms with Crippen molar-refractivity contribution in [1.29, 1.82) is 0 Å². The maximum atomic E-state index is 11.9. The summed E-state index contributed by atoms with van der Waals surface area (Å²) in [6.07, 6.45) is 0.304. The van der Waals surface area contributed by atoms with Crippen molar-refractivity contribution in [1.82, 2.24) is 5.43 Å². The molecule has 3 rings (SSSR count). The number of thiophene rings is 1. The number of nitrogens with one attached hydrogen (secondary N) is 1. The lowest BCUT2D eigenvalue weighted by Crippen LogP contribution is -2.20. The number of hydrogen-bond donors (Lipinski definition) is 2. The Bertz CT molecular complexity index is 870. The van der Waals surface area contributed by atoms with Gasteiger partial charge in [0.15, 0.2) is 0 Å². The van der Waals surface area contributed by atoms with Crippen molar-refractivity contribution >= 4 is 33.7 Å². The van der Waals surface area contributed by atoms with Gasteiger partial charge in [-0.1, -0.05) is 36.4 Å². The van der Waals surface area contributed by atoms with Crippen LogP contribution >= 0.6 is 11.3 Å².